The van der Waals surface area contributed by atoms with E-state index < -0.39 is 5.97 Å². The first-order chi connectivity index (χ1) is 13.2. The number of hydrogen-bond donors (Lipinski definition) is 0. The van der Waals surface area contributed by atoms with E-state index in [2.05, 4.69) is 23.7 Å². The highest BCUT2D eigenvalue weighted by Crippen LogP contribution is 2.23. The van der Waals surface area contributed by atoms with Gasteiger partial charge in [-0.3, -0.25) is 0 Å². The molecular formula is C22H28N2O4. The van der Waals surface area contributed by atoms with Gasteiger partial charge in [0.2, 0.25) is 0 Å². The Kier molecular flexibility index (Phi) is 10.7. The molecule has 0 aliphatic rings. The molecule has 0 amide bonds. The molecule has 2 aromatic carbocycles. The van der Waals surface area contributed by atoms with Crippen molar-refractivity contribution in [3.8, 4) is 11.5 Å². The van der Waals surface area contributed by atoms with Gasteiger partial charge in [-0.25, -0.2) is 4.79 Å². The quantitative estimate of drug-likeness (QED) is 0.205. The van der Waals surface area contributed by atoms with Crippen LogP contribution in [0.5, 0.6) is 11.5 Å². The van der Waals surface area contributed by atoms with E-state index in [1.54, 1.807) is 0 Å². The summed E-state index contributed by atoms with van der Waals surface area (Å²) in [4.78, 5) is 10.9. The molecule has 6 nitrogen and oxygen atoms in total. The molecule has 0 atom stereocenters. The Bertz CT molecular complexity index is 740. The van der Waals surface area contributed by atoms with Crippen molar-refractivity contribution in [2.75, 3.05) is 19.8 Å². The summed E-state index contributed by atoms with van der Waals surface area (Å²) in [6.07, 6.45) is 2.73. The summed E-state index contributed by atoms with van der Waals surface area (Å²) in [7, 11) is 0. The zero-order chi connectivity index (χ0) is 19.3. The van der Waals surface area contributed by atoms with E-state index >= 15 is 0 Å². The third-order valence-electron chi connectivity index (χ3n) is 3.40. The van der Waals surface area contributed by atoms with Crippen LogP contribution in [-0.4, -0.2) is 25.8 Å². The van der Waals surface area contributed by atoms with Crippen LogP contribution in [0.4, 0.5) is 11.4 Å². The fourth-order valence-corrected chi connectivity index (χ4v) is 2.03. The zero-order valence-corrected chi connectivity index (χ0v) is 15.5. The number of rotatable bonds is 11. The summed E-state index contributed by atoms with van der Waals surface area (Å²) in [6, 6.07) is 14.8. The Hall–Kier alpha value is -3.15. The highest BCUT2D eigenvalue weighted by molar-refractivity contribution is 5.81. The van der Waals surface area contributed by atoms with Crippen LogP contribution in [-0.2, 0) is 9.53 Å². The lowest BCUT2D eigenvalue weighted by Crippen LogP contribution is -2.06. The SMILES string of the molecule is C.C=CC(=O)OCCCOc1ccc(N=Nc2ccc(OCCC)cc2)cc1. The maximum Gasteiger partial charge on any atom is 0.330 e. The van der Waals surface area contributed by atoms with Crippen molar-refractivity contribution in [1.29, 1.82) is 0 Å². The van der Waals surface area contributed by atoms with Gasteiger partial charge >= 0.3 is 5.97 Å². The number of nitrogens with zero attached hydrogens (tertiary/aromatic N) is 2. The van der Waals surface area contributed by atoms with Gasteiger partial charge in [0.05, 0.1) is 31.2 Å². The summed E-state index contributed by atoms with van der Waals surface area (Å²) < 4.78 is 16.0. The molecule has 0 spiro atoms. The lowest BCUT2D eigenvalue weighted by Gasteiger charge is -2.06. The molecule has 150 valence electrons. The molecule has 0 bridgehead atoms. The third kappa shape index (κ3) is 8.49. The molecule has 0 unspecified atom stereocenters. The molecule has 0 saturated heterocycles. The molecule has 0 radical (unpaired) electrons. The van der Waals surface area contributed by atoms with Gasteiger partial charge in [0.25, 0.3) is 0 Å². The van der Waals surface area contributed by atoms with Gasteiger partial charge in [-0.05, 0) is 55.0 Å². The van der Waals surface area contributed by atoms with Crippen LogP contribution in [0.3, 0.4) is 0 Å². The first-order valence-electron chi connectivity index (χ1n) is 8.88. The maximum atomic E-state index is 10.9. The van der Waals surface area contributed by atoms with Gasteiger partial charge < -0.3 is 14.2 Å². The van der Waals surface area contributed by atoms with E-state index in [1.165, 1.54) is 0 Å². The van der Waals surface area contributed by atoms with Gasteiger partial charge in [0.15, 0.2) is 0 Å². The van der Waals surface area contributed by atoms with Crippen LogP contribution in [0, 0.1) is 0 Å². The van der Waals surface area contributed by atoms with Gasteiger partial charge in [-0.15, -0.1) is 0 Å². The summed E-state index contributed by atoms with van der Waals surface area (Å²) >= 11 is 0. The Labute approximate surface area is 166 Å². The summed E-state index contributed by atoms with van der Waals surface area (Å²) in [5.41, 5.74) is 1.49. The Morgan fingerprint density at radius 1 is 0.893 bits per heavy atom. The van der Waals surface area contributed by atoms with Gasteiger partial charge in [0, 0.05) is 12.5 Å². The van der Waals surface area contributed by atoms with Crippen LogP contribution in [0.2, 0.25) is 0 Å². The van der Waals surface area contributed by atoms with Crippen LogP contribution in [0.15, 0.2) is 71.4 Å². The molecule has 0 heterocycles. The molecule has 6 heteroatoms. The van der Waals surface area contributed by atoms with Crippen LogP contribution < -0.4 is 9.47 Å². The minimum Gasteiger partial charge on any atom is -0.494 e. The molecule has 28 heavy (non-hydrogen) atoms. The van der Waals surface area contributed by atoms with E-state index in [0.717, 1.165) is 35.4 Å². The fourth-order valence-electron chi connectivity index (χ4n) is 2.03. The van der Waals surface area contributed by atoms with Gasteiger partial charge in [-0.2, -0.15) is 10.2 Å². The highest BCUT2D eigenvalue weighted by Gasteiger charge is 1.98. The van der Waals surface area contributed by atoms with Crippen molar-refractivity contribution in [3.63, 3.8) is 0 Å². The van der Waals surface area contributed by atoms with Crippen LogP contribution in [0.1, 0.15) is 27.2 Å². The van der Waals surface area contributed by atoms with Crippen LogP contribution in [0.25, 0.3) is 0 Å². The minimum atomic E-state index is -0.423. The van der Waals surface area contributed by atoms with E-state index in [9.17, 15) is 4.79 Å². The normalized spacial score (nSPS) is 10.2. The number of benzene rings is 2. The zero-order valence-electron chi connectivity index (χ0n) is 15.5. The average molecular weight is 384 g/mol. The van der Waals surface area contributed by atoms with Gasteiger partial charge in [-0.1, -0.05) is 20.9 Å². The number of carbonyl (C=O) groups excluding carboxylic acids is 1. The van der Waals surface area contributed by atoms with E-state index in [4.69, 9.17) is 14.2 Å². The monoisotopic (exact) mass is 384 g/mol. The summed E-state index contributed by atoms with van der Waals surface area (Å²) in [6.45, 7) is 6.87. The number of azo groups is 1. The Morgan fingerprint density at radius 2 is 1.39 bits per heavy atom. The number of carbonyl (C=O) groups is 1. The van der Waals surface area contributed by atoms with Crippen molar-refractivity contribution in [3.05, 3.63) is 61.2 Å². The molecule has 2 rings (SSSR count). The molecule has 0 N–H and O–H groups in total. The molecule has 0 aliphatic heterocycles. The highest BCUT2D eigenvalue weighted by atomic mass is 16.5. The lowest BCUT2D eigenvalue weighted by molar-refractivity contribution is -0.137. The Morgan fingerprint density at radius 3 is 1.86 bits per heavy atom. The fraction of sp³-hybridized carbons (Fsp3) is 0.318. The molecule has 0 saturated carbocycles. The average Bonchev–Trinajstić information content (AvgIpc) is 2.72. The largest absolute Gasteiger partial charge is 0.494 e. The summed E-state index contributed by atoms with van der Waals surface area (Å²) in [5.74, 6) is 1.13. The van der Waals surface area contributed by atoms with Crippen molar-refractivity contribution >= 4 is 17.3 Å². The molecule has 2 aromatic rings. The second-order valence-electron chi connectivity index (χ2n) is 5.61. The van der Waals surface area contributed by atoms with Crippen molar-refractivity contribution in [2.24, 2.45) is 10.2 Å². The predicted octanol–water partition coefficient (Wildman–Crippen LogP) is 6.03. The number of hydrogen-bond acceptors (Lipinski definition) is 6. The number of ether oxygens (including phenoxy) is 3. The maximum absolute atomic E-state index is 10.9. The molecular weight excluding hydrogens is 356 g/mol. The molecule has 0 aromatic heterocycles. The minimum absolute atomic E-state index is 0. The second kappa shape index (κ2) is 13.1. The smallest absolute Gasteiger partial charge is 0.330 e. The van der Waals surface area contributed by atoms with E-state index in [1.807, 2.05) is 48.5 Å². The van der Waals surface area contributed by atoms with E-state index in [0.29, 0.717) is 26.2 Å². The standard InChI is InChI=1S/C21H24N2O4.CH4/c1-3-14-25-19-10-6-17(7-11-19)22-23-18-8-12-20(13-9-18)26-15-5-16-27-21(24)4-2;/h4,6-13H,2-3,5,14-16H2,1H3;1H4. The van der Waals surface area contributed by atoms with Crippen molar-refractivity contribution in [2.45, 2.75) is 27.2 Å². The number of esters is 1. The summed E-state index contributed by atoms with van der Waals surface area (Å²) in [5, 5.41) is 8.42. The van der Waals surface area contributed by atoms with Gasteiger partial charge in [0.1, 0.15) is 11.5 Å². The molecule has 0 aliphatic carbocycles. The predicted molar refractivity (Wildman–Crippen MR) is 111 cm³/mol. The lowest BCUT2D eigenvalue weighted by atomic mass is 10.3. The van der Waals surface area contributed by atoms with Crippen molar-refractivity contribution < 1.29 is 19.0 Å². The molecule has 0 fully saturated rings. The van der Waals surface area contributed by atoms with Crippen molar-refractivity contribution in [1.82, 2.24) is 0 Å². The first-order valence-corrected chi connectivity index (χ1v) is 8.88. The topological polar surface area (TPSA) is 69.5 Å². The van der Waals surface area contributed by atoms with Crippen LogP contribution >= 0.6 is 0 Å². The second-order valence-corrected chi connectivity index (χ2v) is 5.61. The third-order valence-corrected chi connectivity index (χ3v) is 3.40. The van der Waals surface area contributed by atoms with E-state index in [-0.39, 0.29) is 7.43 Å². The first kappa shape index (κ1) is 22.9. The Balaban J connectivity index is 0.00000392.